The van der Waals surface area contributed by atoms with Crippen molar-refractivity contribution in [2.75, 3.05) is 24.5 Å². The average Bonchev–Trinajstić information content (AvgIpc) is 2.89. The lowest BCUT2D eigenvalue weighted by atomic mass is 10.0. The molecule has 3 heteroatoms. The standard InChI is InChI=1S/C17H28N2O/c1-3-19(4-2)16-9-7-15(8-10-16)13-18-14-17(20)11-5-6-12-17/h7-10,18,20H,3-6,11-14H2,1-2H3. The number of hydrogen-bond acceptors (Lipinski definition) is 3. The molecule has 20 heavy (non-hydrogen) atoms. The smallest absolute Gasteiger partial charge is 0.0771 e. The molecule has 0 spiro atoms. The van der Waals surface area contributed by atoms with Crippen molar-refractivity contribution >= 4 is 5.69 Å². The van der Waals surface area contributed by atoms with Gasteiger partial charge in [-0.3, -0.25) is 0 Å². The first-order chi connectivity index (χ1) is 9.67. The maximum Gasteiger partial charge on any atom is 0.0771 e. The Morgan fingerprint density at radius 1 is 1.10 bits per heavy atom. The summed E-state index contributed by atoms with van der Waals surface area (Å²) < 4.78 is 0. The Hall–Kier alpha value is -1.06. The minimum absolute atomic E-state index is 0.457. The molecule has 0 unspecified atom stereocenters. The summed E-state index contributed by atoms with van der Waals surface area (Å²) in [6.45, 7) is 8.00. The van der Waals surface area contributed by atoms with Crippen molar-refractivity contribution in [1.82, 2.24) is 5.32 Å². The van der Waals surface area contributed by atoms with Crippen LogP contribution in [0.2, 0.25) is 0 Å². The number of benzene rings is 1. The molecule has 2 rings (SSSR count). The predicted octanol–water partition coefficient (Wildman–Crippen LogP) is 2.93. The summed E-state index contributed by atoms with van der Waals surface area (Å²) in [5.74, 6) is 0. The third-order valence-corrected chi connectivity index (χ3v) is 4.38. The number of hydrogen-bond donors (Lipinski definition) is 2. The molecule has 1 aliphatic rings. The summed E-state index contributed by atoms with van der Waals surface area (Å²) in [5, 5.41) is 13.7. The van der Waals surface area contributed by atoms with Crippen LogP contribution < -0.4 is 10.2 Å². The zero-order valence-corrected chi connectivity index (χ0v) is 12.9. The lowest BCUT2D eigenvalue weighted by molar-refractivity contribution is 0.0475. The van der Waals surface area contributed by atoms with Gasteiger partial charge in [0.05, 0.1) is 5.60 Å². The molecule has 2 N–H and O–H groups in total. The quantitative estimate of drug-likeness (QED) is 0.804. The first kappa shape index (κ1) is 15.3. The molecular formula is C17H28N2O. The topological polar surface area (TPSA) is 35.5 Å². The SMILES string of the molecule is CCN(CC)c1ccc(CNCC2(O)CCCC2)cc1. The van der Waals surface area contributed by atoms with Gasteiger partial charge in [0.15, 0.2) is 0 Å². The van der Waals surface area contributed by atoms with Crippen molar-refractivity contribution in [3.8, 4) is 0 Å². The largest absolute Gasteiger partial charge is 0.389 e. The highest BCUT2D eigenvalue weighted by molar-refractivity contribution is 5.47. The summed E-state index contributed by atoms with van der Waals surface area (Å²) in [4.78, 5) is 2.35. The van der Waals surface area contributed by atoms with Gasteiger partial charge >= 0.3 is 0 Å². The van der Waals surface area contributed by atoms with Gasteiger partial charge in [0.25, 0.3) is 0 Å². The fraction of sp³-hybridized carbons (Fsp3) is 0.647. The monoisotopic (exact) mass is 276 g/mol. The fourth-order valence-electron chi connectivity index (χ4n) is 3.06. The number of nitrogens with zero attached hydrogens (tertiary/aromatic N) is 1. The summed E-state index contributed by atoms with van der Waals surface area (Å²) in [5.41, 5.74) is 2.11. The molecule has 0 radical (unpaired) electrons. The maximum absolute atomic E-state index is 10.3. The fourth-order valence-corrected chi connectivity index (χ4v) is 3.06. The van der Waals surface area contributed by atoms with Gasteiger partial charge in [0.2, 0.25) is 0 Å². The molecule has 0 heterocycles. The van der Waals surface area contributed by atoms with E-state index in [0.29, 0.717) is 6.54 Å². The number of nitrogens with one attached hydrogen (secondary N) is 1. The summed E-state index contributed by atoms with van der Waals surface area (Å²) in [6, 6.07) is 8.74. The average molecular weight is 276 g/mol. The second kappa shape index (κ2) is 7.09. The minimum Gasteiger partial charge on any atom is -0.389 e. The normalized spacial score (nSPS) is 17.4. The molecule has 1 saturated carbocycles. The van der Waals surface area contributed by atoms with Crippen LogP contribution in [0.25, 0.3) is 0 Å². The molecule has 0 saturated heterocycles. The molecular weight excluding hydrogens is 248 g/mol. The van der Waals surface area contributed by atoms with Gasteiger partial charge < -0.3 is 15.3 Å². The van der Waals surface area contributed by atoms with E-state index in [9.17, 15) is 5.11 Å². The third kappa shape index (κ3) is 3.97. The molecule has 0 bridgehead atoms. The van der Waals surface area contributed by atoms with Crippen molar-refractivity contribution in [3.63, 3.8) is 0 Å². The van der Waals surface area contributed by atoms with E-state index in [-0.39, 0.29) is 0 Å². The van der Waals surface area contributed by atoms with E-state index in [2.05, 4.69) is 48.3 Å². The van der Waals surface area contributed by atoms with E-state index in [1.54, 1.807) is 0 Å². The Kier molecular flexibility index (Phi) is 5.44. The number of anilines is 1. The second-order valence-corrected chi connectivity index (χ2v) is 5.87. The van der Waals surface area contributed by atoms with Crippen LogP contribution in [0, 0.1) is 0 Å². The first-order valence-electron chi connectivity index (χ1n) is 7.94. The summed E-state index contributed by atoms with van der Waals surface area (Å²) in [7, 11) is 0. The molecule has 0 atom stereocenters. The lowest BCUT2D eigenvalue weighted by Gasteiger charge is -2.23. The van der Waals surface area contributed by atoms with Crippen molar-refractivity contribution in [2.24, 2.45) is 0 Å². The molecule has 1 fully saturated rings. The Morgan fingerprint density at radius 2 is 1.70 bits per heavy atom. The highest BCUT2D eigenvalue weighted by Gasteiger charge is 2.30. The Labute approximate surface area is 123 Å². The van der Waals surface area contributed by atoms with Crippen LogP contribution in [-0.2, 0) is 6.54 Å². The van der Waals surface area contributed by atoms with Crippen molar-refractivity contribution in [2.45, 2.75) is 51.7 Å². The highest BCUT2D eigenvalue weighted by Crippen LogP contribution is 2.28. The van der Waals surface area contributed by atoms with E-state index in [1.165, 1.54) is 11.3 Å². The Balaban J connectivity index is 1.81. The van der Waals surface area contributed by atoms with E-state index in [1.807, 2.05) is 0 Å². The third-order valence-electron chi connectivity index (χ3n) is 4.38. The maximum atomic E-state index is 10.3. The highest BCUT2D eigenvalue weighted by atomic mass is 16.3. The second-order valence-electron chi connectivity index (χ2n) is 5.87. The molecule has 0 aromatic heterocycles. The van der Waals surface area contributed by atoms with Gasteiger partial charge in [0.1, 0.15) is 0 Å². The Morgan fingerprint density at radius 3 is 2.25 bits per heavy atom. The summed E-state index contributed by atoms with van der Waals surface area (Å²) >= 11 is 0. The van der Waals surface area contributed by atoms with Gasteiger partial charge in [-0.25, -0.2) is 0 Å². The molecule has 1 aliphatic carbocycles. The zero-order valence-electron chi connectivity index (χ0n) is 12.9. The van der Waals surface area contributed by atoms with E-state index in [4.69, 9.17) is 0 Å². The lowest BCUT2D eigenvalue weighted by Crippen LogP contribution is -2.37. The van der Waals surface area contributed by atoms with Gasteiger partial charge in [-0.15, -0.1) is 0 Å². The van der Waals surface area contributed by atoms with Crippen LogP contribution in [0.3, 0.4) is 0 Å². The van der Waals surface area contributed by atoms with Gasteiger partial charge in [-0.1, -0.05) is 25.0 Å². The molecule has 1 aromatic carbocycles. The van der Waals surface area contributed by atoms with Crippen LogP contribution in [0.1, 0.15) is 45.1 Å². The Bertz CT molecular complexity index is 392. The van der Waals surface area contributed by atoms with Gasteiger partial charge in [-0.2, -0.15) is 0 Å². The van der Waals surface area contributed by atoms with Crippen LogP contribution in [-0.4, -0.2) is 30.3 Å². The van der Waals surface area contributed by atoms with Crippen LogP contribution >= 0.6 is 0 Å². The van der Waals surface area contributed by atoms with Crippen molar-refractivity contribution in [3.05, 3.63) is 29.8 Å². The van der Waals surface area contributed by atoms with E-state index >= 15 is 0 Å². The number of aliphatic hydroxyl groups is 1. The molecule has 3 nitrogen and oxygen atoms in total. The van der Waals surface area contributed by atoms with Crippen LogP contribution in [0.5, 0.6) is 0 Å². The van der Waals surface area contributed by atoms with Crippen LogP contribution in [0.15, 0.2) is 24.3 Å². The molecule has 0 amide bonds. The van der Waals surface area contributed by atoms with Crippen molar-refractivity contribution in [1.29, 1.82) is 0 Å². The molecule has 0 aliphatic heterocycles. The van der Waals surface area contributed by atoms with Crippen molar-refractivity contribution < 1.29 is 5.11 Å². The molecule has 112 valence electrons. The molecule has 1 aromatic rings. The van der Waals surface area contributed by atoms with Crippen LogP contribution in [0.4, 0.5) is 5.69 Å². The number of rotatable bonds is 7. The zero-order chi connectivity index (χ0) is 14.4. The van der Waals surface area contributed by atoms with E-state index < -0.39 is 5.60 Å². The first-order valence-corrected chi connectivity index (χ1v) is 7.94. The summed E-state index contributed by atoms with van der Waals surface area (Å²) in [6.07, 6.45) is 4.22. The van der Waals surface area contributed by atoms with E-state index in [0.717, 1.165) is 45.3 Å². The minimum atomic E-state index is -0.457. The van der Waals surface area contributed by atoms with Gasteiger partial charge in [0, 0.05) is 31.9 Å². The van der Waals surface area contributed by atoms with Gasteiger partial charge in [-0.05, 0) is 44.4 Å². The predicted molar refractivity (Wildman–Crippen MR) is 85.1 cm³/mol.